The molecule has 0 aliphatic heterocycles. The average Bonchev–Trinajstić information content (AvgIpc) is 2.42. The van der Waals surface area contributed by atoms with Gasteiger partial charge in [-0.1, -0.05) is 46.9 Å². The number of halogens is 5. The summed E-state index contributed by atoms with van der Waals surface area (Å²) >= 11 is 17.8. The molecule has 0 unspecified atom stereocenters. The summed E-state index contributed by atoms with van der Waals surface area (Å²) in [7, 11) is 0. The molecule has 2 aromatic carbocycles. The summed E-state index contributed by atoms with van der Waals surface area (Å²) in [6.45, 7) is -2.38. The fraction of sp³-hybridized carbons (Fsp3) is 0.143. The van der Waals surface area contributed by atoms with E-state index in [0.29, 0.717) is 27.3 Å². The summed E-state index contributed by atoms with van der Waals surface area (Å²) in [6.07, 6.45) is 0. The molecule has 7 heteroatoms. The molecule has 0 aromatic heterocycles. The van der Waals surface area contributed by atoms with Crippen LogP contribution >= 0.6 is 34.8 Å². The summed E-state index contributed by atoms with van der Waals surface area (Å²) < 4.78 is 28.3. The van der Waals surface area contributed by atoms with Crippen LogP contribution in [-0.4, -0.2) is 6.61 Å². The highest BCUT2D eigenvalue weighted by Crippen LogP contribution is 2.32. The molecular formula is C14H10Cl3F2NO. The van der Waals surface area contributed by atoms with Gasteiger partial charge < -0.3 is 10.1 Å². The van der Waals surface area contributed by atoms with E-state index >= 15 is 0 Å². The second-order valence-electron chi connectivity index (χ2n) is 4.12. The zero-order valence-corrected chi connectivity index (χ0v) is 12.8. The van der Waals surface area contributed by atoms with Crippen LogP contribution in [0.2, 0.25) is 15.1 Å². The van der Waals surface area contributed by atoms with Gasteiger partial charge in [0.05, 0.1) is 20.8 Å². The van der Waals surface area contributed by atoms with E-state index in [-0.39, 0.29) is 5.75 Å². The molecule has 0 fully saturated rings. The molecule has 0 spiro atoms. The van der Waals surface area contributed by atoms with Crippen molar-refractivity contribution in [3.63, 3.8) is 0 Å². The van der Waals surface area contributed by atoms with Gasteiger partial charge in [-0.05, 0) is 29.8 Å². The van der Waals surface area contributed by atoms with Crippen molar-refractivity contribution >= 4 is 40.5 Å². The van der Waals surface area contributed by atoms with E-state index in [0.717, 1.165) is 5.56 Å². The lowest BCUT2D eigenvalue weighted by Gasteiger charge is -2.10. The average molecular weight is 353 g/mol. The first kappa shape index (κ1) is 16.1. The molecular weight excluding hydrogens is 343 g/mol. The van der Waals surface area contributed by atoms with E-state index in [9.17, 15) is 8.78 Å². The Kier molecular flexibility index (Phi) is 5.51. The monoisotopic (exact) mass is 351 g/mol. The Morgan fingerprint density at radius 3 is 2.19 bits per heavy atom. The minimum atomic E-state index is -2.83. The highest BCUT2D eigenvalue weighted by atomic mass is 35.5. The Balaban J connectivity index is 2.01. The van der Waals surface area contributed by atoms with Crippen LogP contribution in [0.3, 0.4) is 0 Å². The normalized spacial score (nSPS) is 10.8. The highest BCUT2D eigenvalue weighted by Gasteiger charge is 2.07. The molecule has 0 atom stereocenters. The van der Waals surface area contributed by atoms with Gasteiger partial charge in [0.2, 0.25) is 0 Å². The maximum Gasteiger partial charge on any atom is 0.387 e. The predicted molar refractivity (Wildman–Crippen MR) is 81.9 cm³/mol. The van der Waals surface area contributed by atoms with Crippen LogP contribution in [0.25, 0.3) is 0 Å². The molecule has 2 rings (SSSR count). The maximum absolute atomic E-state index is 12.0. The first-order valence-corrected chi connectivity index (χ1v) is 7.01. The molecule has 21 heavy (non-hydrogen) atoms. The summed E-state index contributed by atoms with van der Waals surface area (Å²) in [4.78, 5) is 0. The number of alkyl halides is 2. The minimum absolute atomic E-state index is 0.112. The third-order valence-corrected chi connectivity index (χ3v) is 3.68. The Morgan fingerprint density at radius 1 is 0.952 bits per heavy atom. The van der Waals surface area contributed by atoms with Gasteiger partial charge in [0, 0.05) is 6.54 Å². The van der Waals surface area contributed by atoms with Crippen molar-refractivity contribution in [2.75, 3.05) is 5.32 Å². The van der Waals surface area contributed by atoms with Crippen molar-refractivity contribution in [3.8, 4) is 5.75 Å². The van der Waals surface area contributed by atoms with Crippen molar-refractivity contribution in [3.05, 3.63) is 57.0 Å². The summed E-state index contributed by atoms with van der Waals surface area (Å²) in [5.41, 5.74) is 1.51. The lowest BCUT2D eigenvalue weighted by molar-refractivity contribution is -0.0498. The standard InChI is InChI=1S/C14H10Cl3F2NO/c15-10-5-12(17)13(6-11(10)16)20-7-8-1-3-9(4-2-8)21-14(18)19/h1-6,14,20H,7H2. The van der Waals surface area contributed by atoms with Crippen LogP contribution < -0.4 is 10.1 Å². The number of nitrogens with one attached hydrogen (secondary N) is 1. The molecule has 2 aromatic rings. The van der Waals surface area contributed by atoms with Crippen molar-refractivity contribution in [1.29, 1.82) is 0 Å². The van der Waals surface area contributed by atoms with Gasteiger partial charge in [-0.2, -0.15) is 8.78 Å². The van der Waals surface area contributed by atoms with Crippen molar-refractivity contribution in [2.24, 2.45) is 0 Å². The van der Waals surface area contributed by atoms with Gasteiger partial charge in [0.15, 0.2) is 0 Å². The molecule has 0 amide bonds. The highest BCUT2D eigenvalue weighted by molar-refractivity contribution is 6.44. The van der Waals surface area contributed by atoms with E-state index in [1.807, 2.05) is 0 Å². The predicted octanol–water partition coefficient (Wildman–Crippen LogP) is 5.86. The number of benzene rings is 2. The fourth-order valence-corrected chi connectivity index (χ4v) is 2.26. The number of anilines is 1. The van der Waals surface area contributed by atoms with Crippen molar-refractivity contribution in [2.45, 2.75) is 13.2 Å². The quantitative estimate of drug-likeness (QED) is 0.680. The van der Waals surface area contributed by atoms with Crippen LogP contribution in [0, 0.1) is 0 Å². The maximum atomic E-state index is 12.0. The molecule has 112 valence electrons. The molecule has 2 nitrogen and oxygen atoms in total. The van der Waals surface area contributed by atoms with Crippen LogP contribution in [0.5, 0.6) is 5.75 Å². The van der Waals surface area contributed by atoms with Crippen molar-refractivity contribution in [1.82, 2.24) is 0 Å². The first-order chi connectivity index (χ1) is 9.95. The lowest BCUT2D eigenvalue weighted by Crippen LogP contribution is -2.03. The van der Waals surface area contributed by atoms with Crippen LogP contribution in [-0.2, 0) is 6.54 Å². The Labute approximate surface area is 135 Å². The number of ether oxygens (including phenoxy) is 1. The SMILES string of the molecule is FC(F)Oc1ccc(CNc2cc(Cl)c(Cl)cc2Cl)cc1. The van der Waals surface area contributed by atoms with E-state index in [2.05, 4.69) is 10.1 Å². The van der Waals surface area contributed by atoms with Gasteiger partial charge in [0.1, 0.15) is 5.75 Å². The summed E-state index contributed by atoms with van der Waals surface area (Å²) in [5, 5.41) is 4.31. The van der Waals surface area contributed by atoms with Gasteiger partial charge in [-0.15, -0.1) is 0 Å². The molecule has 0 bridgehead atoms. The molecule has 0 radical (unpaired) electrons. The minimum Gasteiger partial charge on any atom is -0.435 e. The largest absolute Gasteiger partial charge is 0.435 e. The summed E-state index contributed by atoms with van der Waals surface area (Å²) in [6, 6.07) is 9.47. The molecule has 0 aliphatic carbocycles. The second-order valence-corrected chi connectivity index (χ2v) is 5.34. The van der Waals surface area contributed by atoms with Crippen LogP contribution in [0.4, 0.5) is 14.5 Å². The van der Waals surface area contributed by atoms with Gasteiger partial charge in [-0.25, -0.2) is 0 Å². The molecule has 0 aliphatic rings. The van der Waals surface area contributed by atoms with Gasteiger partial charge >= 0.3 is 6.61 Å². The van der Waals surface area contributed by atoms with E-state index in [1.54, 1.807) is 24.3 Å². The molecule has 0 saturated heterocycles. The number of hydrogen-bond donors (Lipinski definition) is 1. The lowest BCUT2D eigenvalue weighted by atomic mass is 10.2. The second kappa shape index (κ2) is 7.16. The molecule has 1 N–H and O–H groups in total. The first-order valence-electron chi connectivity index (χ1n) is 5.88. The van der Waals surface area contributed by atoms with E-state index < -0.39 is 6.61 Å². The molecule has 0 saturated carbocycles. The van der Waals surface area contributed by atoms with Crippen LogP contribution in [0.1, 0.15) is 5.56 Å². The van der Waals surface area contributed by atoms with Crippen molar-refractivity contribution < 1.29 is 13.5 Å². The smallest absolute Gasteiger partial charge is 0.387 e. The Morgan fingerprint density at radius 2 is 1.57 bits per heavy atom. The van der Waals surface area contributed by atoms with Gasteiger partial charge in [0.25, 0.3) is 0 Å². The zero-order chi connectivity index (χ0) is 15.4. The van der Waals surface area contributed by atoms with Gasteiger partial charge in [-0.3, -0.25) is 0 Å². The zero-order valence-electron chi connectivity index (χ0n) is 10.5. The Hall–Kier alpha value is -1.23. The fourth-order valence-electron chi connectivity index (χ4n) is 1.64. The molecule has 0 heterocycles. The van der Waals surface area contributed by atoms with E-state index in [4.69, 9.17) is 34.8 Å². The topological polar surface area (TPSA) is 21.3 Å². The number of rotatable bonds is 5. The Bertz CT molecular complexity index is 620. The van der Waals surface area contributed by atoms with E-state index in [1.165, 1.54) is 12.1 Å². The van der Waals surface area contributed by atoms with Crippen LogP contribution in [0.15, 0.2) is 36.4 Å². The third kappa shape index (κ3) is 4.63. The third-order valence-electron chi connectivity index (χ3n) is 2.64. The summed E-state index contributed by atoms with van der Waals surface area (Å²) in [5.74, 6) is 0.112. The number of hydrogen-bond acceptors (Lipinski definition) is 2.